The summed E-state index contributed by atoms with van der Waals surface area (Å²) in [7, 11) is 1.87. The van der Waals surface area contributed by atoms with Gasteiger partial charge < -0.3 is 15.0 Å². The molecule has 0 aromatic heterocycles. The summed E-state index contributed by atoms with van der Waals surface area (Å²) in [6.07, 6.45) is -4.39. The predicted molar refractivity (Wildman–Crippen MR) is 93.2 cm³/mol. The van der Waals surface area contributed by atoms with Crippen LogP contribution in [0.2, 0.25) is 0 Å². The predicted octanol–water partition coefficient (Wildman–Crippen LogP) is 2.63. The summed E-state index contributed by atoms with van der Waals surface area (Å²) >= 11 is 0. The van der Waals surface area contributed by atoms with Crippen molar-refractivity contribution in [1.29, 1.82) is 0 Å². The molecule has 2 atom stereocenters. The fraction of sp³-hybridized carbons (Fsp3) is 0.316. The summed E-state index contributed by atoms with van der Waals surface area (Å²) in [5, 5.41) is 2.64. The number of alkyl halides is 3. The molecule has 2 N–H and O–H groups in total. The van der Waals surface area contributed by atoms with E-state index in [1.165, 1.54) is 12.1 Å². The van der Waals surface area contributed by atoms with E-state index in [0.29, 0.717) is 18.8 Å². The van der Waals surface area contributed by atoms with Crippen LogP contribution in [-0.4, -0.2) is 32.1 Å². The number of amides is 1. The summed E-state index contributed by atoms with van der Waals surface area (Å²) in [4.78, 5) is 13.2. The summed E-state index contributed by atoms with van der Waals surface area (Å²) in [6, 6.07) is 13.4. The Hall–Kier alpha value is -2.54. The van der Waals surface area contributed by atoms with Gasteiger partial charge in [0.25, 0.3) is 5.91 Å². The molecule has 1 unspecified atom stereocenters. The quantitative estimate of drug-likeness (QED) is 0.790. The Labute approximate surface area is 150 Å². The summed E-state index contributed by atoms with van der Waals surface area (Å²) < 4.78 is 43.3. The van der Waals surface area contributed by atoms with Crippen LogP contribution in [0, 0.1) is 0 Å². The maximum Gasteiger partial charge on any atom is 0.416 e. The van der Waals surface area contributed by atoms with Crippen LogP contribution in [0.4, 0.5) is 18.9 Å². The van der Waals surface area contributed by atoms with E-state index in [2.05, 4.69) is 5.32 Å². The van der Waals surface area contributed by atoms with Crippen molar-refractivity contribution in [3.05, 3.63) is 60.2 Å². The highest BCUT2D eigenvalue weighted by Crippen LogP contribution is 2.29. The fourth-order valence-corrected chi connectivity index (χ4v) is 2.28. The number of hydrogen-bond acceptors (Lipinski definition) is 2. The first-order chi connectivity index (χ1) is 12.3. The summed E-state index contributed by atoms with van der Waals surface area (Å²) in [5.41, 5.74) is -0.410. The van der Waals surface area contributed by atoms with Gasteiger partial charge in [0.2, 0.25) is 0 Å². The second-order valence-electron chi connectivity index (χ2n) is 6.04. The summed E-state index contributed by atoms with van der Waals surface area (Å²) in [5.74, 6) is 0.504. The summed E-state index contributed by atoms with van der Waals surface area (Å²) in [6.45, 7) is 2.82. The van der Waals surface area contributed by atoms with Crippen molar-refractivity contribution < 1.29 is 27.6 Å². The Morgan fingerprint density at radius 2 is 1.73 bits per heavy atom. The lowest BCUT2D eigenvalue weighted by Crippen LogP contribution is -3.14. The number of likely N-dealkylation sites (N-methyl/N-ethyl adjacent to an activating group) is 1. The highest BCUT2D eigenvalue weighted by molar-refractivity contribution is 5.93. The molecule has 0 bridgehead atoms. The number of carbonyl (C=O) groups excluding carboxylic acids is 1. The number of ether oxygens (including phenoxy) is 1. The van der Waals surface area contributed by atoms with Crippen molar-refractivity contribution in [3.8, 4) is 5.75 Å². The Kier molecular flexibility index (Phi) is 6.63. The van der Waals surface area contributed by atoms with E-state index < -0.39 is 11.7 Å². The maximum absolute atomic E-state index is 12.6. The van der Waals surface area contributed by atoms with Gasteiger partial charge in [-0.1, -0.05) is 18.2 Å². The van der Waals surface area contributed by atoms with E-state index in [1.54, 1.807) is 6.92 Å². The van der Waals surface area contributed by atoms with Gasteiger partial charge in [-0.2, -0.15) is 13.2 Å². The monoisotopic (exact) mass is 367 g/mol. The molecule has 0 fully saturated rings. The number of rotatable bonds is 7. The third-order valence-electron chi connectivity index (χ3n) is 4.12. The van der Waals surface area contributed by atoms with E-state index in [1.807, 2.05) is 37.4 Å². The molecule has 0 heterocycles. The van der Waals surface area contributed by atoms with E-state index in [0.717, 1.165) is 22.8 Å². The molecule has 0 aliphatic rings. The lowest BCUT2D eigenvalue weighted by molar-refractivity contribution is -0.894. The molecule has 1 amide bonds. The minimum atomic E-state index is -4.39. The largest absolute Gasteiger partial charge is 0.488 e. The van der Waals surface area contributed by atoms with Gasteiger partial charge >= 0.3 is 6.18 Å². The molecule has 2 aromatic rings. The third kappa shape index (κ3) is 5.77. The van der Waals surface area contributed by atoms with E-state index in [9.17, 15) is 18.0 Å². The number of para-hydroxylation sites is 1. The molecule has 2 rings (SSSR count). The third-order valence-corrected chi connectivity index (χ3v) is 4.12. The lowest BCUT2D eigenvalue weighted by atomic mass is 10.2. The minimum Gasteiger partial charge on any atom is -0.488 e. The van der Waals surface area contributed by atoms with Crippen LogP contribution in [-0.2, 0) is 11.0 Å². The van der Waals surface area contributed by atoms with Gasteiger partial charge in [0.15, 0.2) is 6.04 Å². The van der Waals surface area contributed by atoms with Gasteiger partial charge in [0.05, 0.1) is 12.6 Å². The number of carbonyl (C=O) groups is 1. The number of hydrogen-bond donors (Lipinski definition) is 2. The second kappa shape index (κ2) is 8.71. The van der Waals surface area contributed by atoms with Crippen molar-refractivity contribution in [2.24, 2.45) is 0 Å². The van der Waals surface area contributed by atoms with Crippen LogP contribution in [0.1, 0.15) is 12.5 Å². The minimum absolute atomic E-state index is 0.262. The molecular formula is C19H22F3N2O2+. The van der Waals surface area contributed by atoms with E-state index in [-0.39, 0.29) is 11.9 Å². The highest BCUT2D eigenvalue weighted by atomic mass is 19.4. The first-order valence-electron chi connectivity index (χ1n) is 8.25. The van der Waals surface area contributed by atoms with Crippen LogP contribution >= 0.6 is 0 Å². The Balaban J connectivity index is 1.82. The molecular weight excluding hydrogens is 345 g/mol. The average molecular weight is 367 g/mol. The van der Waals surface area contributed by atoms with Crippen molar-refractivity contribution in [2.45, 2.75) is 19.1 Å². The van der Waals surface area contributed by atoms with Crippen molar-refractivity contribution in [3.63, 3.8) is 0 Å². The van der Waals surface area contributed by atoms with Crippen molar-refractivity contribution >= 4 is 11.6 Å². The number of halogens is 3. The number of quaternary nitrogens is 1. The van der Waals surface area contributed by atoms with E-state index >= 15 is 0 Å². The fourth-order valence-electron chi connectivity index (χ4n) is 2.28. The van der Waals surface area contributed by atoms with Crippen molar-refractivity contribution in [2.75, 3.05) is 25.5 Å². The van der Waals surface area contributed by atoms with Crippen LogP contribution in [0.5, 0.6) is 5.75 Å². The van der Waals surface area contributed by atoms with Crippen LogP contribution in [0.25, 0.3) is 0 Å². The van der Waals surface area contributed by atoms with Crippen molar-refractivity contribution in [1.82, 2.24) is 0 Å². The number of benzene rings is 2. The molecule has 2 aromatic carbocycles. The molecule has 140 valence electrons. The molecule has 4 nitrogen and oxygen atoms in total. The SMILES string of the molecule is C[C@@H](C(=O)Nc1ccc(C(F)(F)F)cc1)[NH+](C)CCOc1ccccc1. The normalized spacial score (nSPS) is 13.7. The van der Waals surface area contributed by atoms with E-state index in [4.69, 9.17) is 4.74 Å². The van der Waals surface area contributed by atoms with Gasteiger partial charge in [0, 0.05) is 5.69 Å². The standard InChI is InChI=1S/C19H21F3N2O2/c1-14(24(2)12-13-26-17-6-4-3-5-7-17)18(25)23-16-10-8-15(9-11-16)19(20,21)22/h3-11,14H,12-13H2,1-2H3,(H,23,25)/p+1/t14-/m0/s1. The van der Waals surface area contributed by atoms with Gasteiger partial charge in [-0.15, -0.1) is 0 Å². The zero-order valence-electron chi connectivity index (χ0n) is 14.6. The smallest absolute Gasteiger partial charge is 0.416 e. The van der Waals surface area contributed by atoms with Crippen LogP contribution in [0.3, 0.4) is 0 Å². The Bertz CT molecular complexity index is 703. The zero-order chi connectivity index (χ0) is 19.2. The topological polar surface area (TPSA) is 42.8 Å². The Morgan fingerprint density at radius 1 is 1.12 bits per heavy atom. The molecule has 0 saturated heterocycles. The first kappa shape index (κ1) is 19.8. The van der Waals surface area contributed by atoms with Gasteiger partial charge in [-0.05, 0) is 43.3 Å². The Morgan fingerprint density at radius 3 is 2.31 bits per heavy atom. The first-order valence-corrected chi connectivity index (χ1v) is 8.25. The molecule has 0 spiro atoms. The zero-order valence-corrected chi connectivity index (χ0v) is 14.6. The number of nitrogens with one attached hydrogen (secondary N) is 2. The van der Waals surface area contributed by atoms with Crippen LogP contribution < -0.4 is 15.0 Å². The van der Waals surface area contributed by atoms with Crippen LogP contribution in [0.15, 0.2) is 54.6 Å². The molecule has 26 heavy (non-hydrogen) atoms. The second-order valence-corrected chi connectivity index (χ2v) is 6.04. The molecule has 0 aliphatic carbocycles. The van der Waals surface area contributed by atoms with Gasteiger partial charge in [-0.25, -0.2) is 0 Å². The lowest BCUT2D eigenvalue weighted by Gasteiger charge is -2.21. The molecule has 7 heteroatoms. The number of anilines is 1. The van der Waals surface area contributed by atoms with Gasteiger partial charge in [0.1, 0.15) is 18.9 Å². The highest BCUT2D eigenvalue weighted by Gasteiger charge is 2.30. The van der Waals surface area contributed by atoms with Gasteiger partial charge in [-0.3, -0.25) is 4.79 Å². The average Bonchev–Trinajstić information content (AvgIpc) is 2.61. The molecule has 0 aliphatic heterocycles. The molecule has 0 radical (unpaired) electrons. The maximum atomic E-state index is 12.6. The molecule has 0 saturated carbocycles.